The second-order valence-electron chi connectivity index (χ2n) is 4.91. The van der Waals surface area contributed by atoms with Crippen LogP contribution in [-0.2, 0) is 9.57 Å². The standard InChI is InChI=1S/C15H22ClN2O2.K/c16-13-3-5-14(6-4-13)17-9-1-2-10-18-20-15-7-11-19-12-8-15;/h3-6,15,17H,1-2,7-12H2;/q-1;+1. The summed E-state index contributed by atoms with van der Waals surface area (Å²) >= 11 is 5.83. The van der Waals surface area contributed by atoms with Crippen molar-refractivity contribution in [2.45, 2.75) is 31.8 Å². The number of halogens is 1. The molecule has 0 amide bonds. The Morgan fingerprint density at radius 1 is 1.19 bits per heavy atom. The largest absolute Gasteiger partial charge is 1.00 e. The summed E-state index contributed by atoms with van der Waals surface area (Å²) in [7, 11) is 0. The van der Waals surface area contributed by atoms with Gasteiger partial charge in [-0.1, -0.05) is 18.0 Å². The summed E-state index contributed by atoms with van der Waals surface area (Å²) in [5.41, 5.74) is 5.25. The van der Waals surface area contributed by atoms with Crippen molar-refractivity contribution in [3.63, 3.8) is 0 Å². The van der Waals surface area contributed by atoms with Crippen LogP contribution in [-0.4, -0.2) is 32.4 Å². The Bertz CT molecular complexity index is 372. The normalized spacial score (nSPS) is 15.5. The molecule has 4 nitrogen and oxygen atoms in total. The Labute approximate surface area is 174 Å². The number of benzene rings is 1. The van der Waals surface area contributed by atoms with E-state index in [-0.39, 0.29) is 57.5 Å². The molecule has 2 rings (SSSR count). The molecule has 0 aromatic heterocycles. The molecule has 0 saturated carbocycles. The fourth-order valence-electron chi connectivity index (χ4n) is 2.04. The molecular formula is C15H22ClKN2O2. The summed E-state index contributed by atoms with van der Waals surface area (Å²) in [5, 5.41) is 4.12. The molecule has 0 aliphatic carbocycles. The maximum absolute atomic E-state index is 5.83. The minimum Gasteiger partial charge on any atom is -0.534 e. The van der Waals surface area contributed by atoms with E-state index >= 15 is 0 Å². The van der Waals surface area contributed by atoms with E-state index in [1.165, 1.54) is 0 Å². The molecular weight excluding hydrogens is 315 g/mol. The van der Waals surface area contributed by atoms with Gasteiger partial charge in [0.15, 0.2) is 0 Å². The molecule has 0 bridgehead atoms. The van der Waals surface area contributed by atoms with Crippen LogP contribution in [0.15, 0.2) is 24.3 Å². The van der Waals surface area contributed by atoms with Gasteiger partial charge in [-0.2, -0.15) is 0 Å². The Kier molecular flexibility index (Phi) is 11.6. The van der Waals surface area contributed by atoms with E-state index in [9.17, 15) is 0 Å². The van der Waals surface area contributed by atoms with Crippen LogP contribution in [0.4, 0.5) is 5.69 Å². The van der Waals surface area contributed by atoms with Gasteiger partial charge in [0.2, 0.25) is 0 Å². The first-order valence-corrected chi connectivity index (χ1v) is 7.62. The average Bonchev–Trinajstić information content (AvgIpc) is 2.49. The van der Waals surface area contributed by atoms with Gasteiger partial charge in [-0.25, -0.2) is 0 Å². The maximum Gasteiger partial charge on any atom is 1.00 e. The third kappa shape index (κ3) is 8.88. The van der Waals surface area contributed by atoms with Crippen LogP contribution in [0.25, 0.3) is 5.48 Å². The number of hydrogen-bond donors (Lipinski definition) is 1. The zero-order valence-corrected chi connectivity index (χ0v) is 16.6. The van der Waals surface area contributed by atoms with Gasteiger partial charge in [-0.15, -0.1) is 6.54 Å². The van der Waals surface area contributed by atoms with Crippen LogP contribution in [0.2, 0.25) is 5.02 Å². The first kappa shape index (κ1) is 19.9. The topological polar surface area (TPSA) is 44.6 Å². The minimum atomic E-state index is 0. The molecule has 1 heterocycles. The SMILES string of the molecule is Clc1ccc(NCCCC[N-]OC2CCOCC2)cc1.[K+]. The molecule has 1 N–H and O–H groups in total. The van der Waals surface area contributed by atoms with Gasteiger partial charge in [0, 0.05) is 36.6 Å². The number of ether oxygens (including phenoxy) is 1. The average molecular weight is 337 g/mol. The summed E-state index contributed by atoms with van der Waals surface area (Å²) in [6.45, 7) is 3.30. The number of unbranched alkanes of at least 4 members (excludes halogenated alkanes) is 1. The van der Waals surface area contributed by atoms with Crippen molar-refractivity contribution in [1.29, 1.82) is 0 Å². The number of nitrogens with one attached hydrogen (secondary N) is 1. The van der Waals surface area contributed by atoms with Crippen LogP contribution in [0, 0.1) is 0 Å². The molecule has 0 radical (unpaired) electrons. The molecule has 0 atom stereocenters. The summed E-state index contributed by atoms with van der Waals surface area (Å²) in [5.74, 6) is 0. The molecule has 1 aromatic carbocycles. The van der Waals surface area contributed by atoms with Crippen molar-refractivity contribution in [3.05, 3.63) is 34.8 Å². The predicted octanol–water partition coefficient (Wildman–Crippen LogP) is 1.02. The quantitative estimate of drug-likeness (QED) is 0.438. The van der Waals surface area contributed by atoms with Crippen molar-refractivity contribution in [3.8, 4) is 0 Å². The third-order valence-electron chi connectivity index (χ3n) is 3.24. The zero-order valence-electron chi connectivity index (χ0n) is 12.7. The summed E-state index contributed by atoms with van der Waals surface area (Å²) in [4.78, 5) is 5.47. The summed E-state index contributed by atoms with van der Waals surface area (Å²) in [6.07, 6.45) is 4.28. The number of hydrogen-bond acceptors (Lipinski definition) is 3. The smallest absolute Gasteiger partial charge is 0.534 e. The first-order valence-electron chi connectivity index (χ1n) is 7.24. The van der Waals surface area contributed by atoms with Gasteiger partial charge in [0.05, 0.1) is 0 Å². The second kappa shape index (κ2) is 12.3. The first-order chi connectivity index (χ1) is 9.84. The molecule has 0 unspecified atom stereocenters. The predicted molar refractivity (Wildman–Crippen MR) is 82.3 cm³/mol. The van der Waals surface area contributed by atoms with Gasteiger partial charge in [0.25, 0.3) is 0 Å². The van der Waals surface area contributed by atoms with E-state index in [1.807, 2.05) is 24.3 Å². The van der Waals surface area contributed by atoms with Crippen molar-refractivity contribution >= 4 is 17.3 Å². The summed E-state index contributed by atoms with van der Waals surface area (Å²) in [6, 6.07) is 7.75. The molecule has 1 aliphatic rings. The van der Waals surface area contributed by atoms with E-state index in [0.29, 0.717) is 0 Å². The van der Waals surface area contributed by atoms with Gasteiger partial charge in [0.1, 0.15) is 0 Å². The molecule has 1 fully saturated rings. The molecule has 1 aliphatic heterocycles. The van der Waals surface area contributed by atoms with Crippen molar-refractivity contribution < 1.29 is 61.0 Å². The van der Waals surface area contributed by atoms with Gasteiger partial charge in [-0.3, -0.25) is 0 Å². The number of nitrogens with zero attached hydrogens (tertiary/aromatic N) is 1. The molecule has 0 spiro atoms. The number of hydroxylamine groups is 1. The summed E-state index contributed by atoms with van der Waals surface area (Å²) < 4.78 is 5.27. The Morgan fingerprint density at radius 2 is 1.90 bits per heavy atom. The van der Waals surface area contributed by atoms with E-state index < -0.39 is 0 Å². The van der Waals surface area contributed by atoms with Crippen LogP contribution >= 0.6 is 11.6 Å². The molecule has 1 aromatic rings. The number of anilines is 1. The molecule has 21 heavy (non-hydrogen) atoms. The van der Waals surface area contributed by atoms with E-state index in [1.54, 1.807) is 0 Å². The third-order valence-corrected chi connectivity index (χ3v) is 3.49. The Balaban J connectivity index is 0.00000220. The fraction of sp³-hybridized carbons (Fsp3) is 0.600. The van der Waals surface area contributed by atoms with Crippen LogP contribution < -0.4 is 56.7 Å². The van der Waals surface area contributed by atoms with E-state index in [2.05, 4.69) is 10.8 Å². The Morgan fingerprint density at radius 3 is 2.62 bits per heavy atom. The number of rotatable bonds is 8. The van der Waals surface area contributed by atoms with Gasteiger partial charge >= 0.3 is 51.4 Å². The minimum absolute atomic E-state index is 0. The van der Waals surface area contributed by atoms with Crippen LogP contribution in [0.5, 0.6) is 0 Å². The van der Waals surface area contributed by atoms with Crippen LogP contribution in [0.1, 0.15) is 25.7 Å². The fourth-order valence-corrected chi connectivity index (χ4v) is 2.17. The van der Waals surface area contributed by atoms with Gasteiger partial charge < -0.3 is 20.4 Å². The molecule has 6 heteroatoms. The van der Waals surface area contributed by atoms with Crippen molar-refractivity contribution in [2.75, 3.05) is 31.6 Å². The van der Waals surface area contributed by atoms with Crippen molar-refractivity contribution in [2.24, 2.45) is 0 Å². The monoisotopic (exact) mass is 336 g/mol. The Hall–Kier alpha value is 0.826. The van der Waals surface area contributed by atoms with E-state index in [4.69, 9.17) is 21.2 Å². The van der Waals surface area contributed by atoms with Crippen molar-refractivity contribution in [1.82, 2.24) is 0 Å². The van der Waals surface area contributed by atoms with Gasteiger partial charge in [-0.05, 0) is 43.5 Å². The van der Waals surface area contributed by atoms with E-state index in [0.717, 1.165) is 62.7 Å². The molecule has 112 valence electrons. The zero-order chi connectivity index (χ0) is 14.0. The molecule has 1 saturated heterocycles. The maximum atomic E-state index is 5.83. The van der Waals surface area contributed by atoms with Crippen LogP contribution in [0.3, 0.4) is 0 Å². The second-order valence-corrected chi connectivity index (χ2v) is 5.35.